The van der Waals surface area contributed by atoms with E-state index in [9.17, 15) is 9.59 Å². The Hall–Kier alpha value is -2.96. The maximum Gasteiger partial charge on any atom is 0.254 e. The zero-order valence-corrected chi connectivity index (χ0v) is 17.6. The number of thiophene rings is 1. The van der Waals surface area contributed by atoms with Gasteiger partial charge in [0.1, 0.15) is 0 Å². The zero-order valence-electron chi connectivity index (χ0n) is 16.8. The molecule has 0 bridgehead atoms. The van der Waals surface area contributed by atoms with Gasteiger partial charge < -0.3 is 15.0 Å². The molecule has 154 valence electrons. The SMILES string of the molecule is COCCN1C(=O)c2ccccc2C(C(=O)NCc2ccccc2)C1c1cccs1. The third kappa shape index (κ3) is 4.01. The molecule has 1 N–H and O–H groups in total. The lowest BCUT2D eigenvalue weighted by molar-refractivity contribution is -0.124. The summed E-state index contributed by atoms with van der Waals surface area (Å²) in [5.41, 5.74) is 2.40. The monoisotopic (exact) mass is 420 g/mol. The highest BCUT2D eigenvalue weighted by atomic mass is 32.1. The Bertz CT molecular complexity index is 1000. The van der Waals surface area contributed by atoms with Crippen LogP contribution in [0.5, 0.6) is 0 Å². The molecule has 3 aromatic rings. The summed E-state index contributed by atoms with van der Waals surface area (Å²) in [6.45, 7) is 1.28. The first-order chi connectivity index (χ1) is 14.7. The van der Waals surface area contributed by atoms with Gasteiger partial charge in [-0.3, -0.25) is 9.59 Å². The summed E-state index contributed by atoms with van der Waals surface area (Å²) in [6, 6.07) is 20.9. The first-order valence-electron chi connectivity index (χ1n) is 9.94. The van der Waals surface area contributed by atoms with Gasteiger partial charge in [0.2, 0.25) is 5.91 Å². The third-order valence-electron chi connectivity index (χ3n) is 5.40. The molecule has 0 aliphatic carbocycles. The first-order valence-corrected chi connectivity index (χ1v) is 10.8. The van der Waals surface area contributed by atoms with Crippen LogP contribution in [0.4, 0.5) is 0 Å². The van der Waals surface area contributed by atoms with E-state index in [0.29, 0.717) is 25.3 Å². The summed E-state index contributed by atoms with van der Waals surface area (Å²) >= 11 is 1.56. The van der Waals surface area contributed by atoms with Crippen molar-refractivity contribution in [2.75, 3.05) is 20.3 Å². The van der Waals surface area contributed by atoms with Gasteiger partial charge in [0, 0.05) is 30.6 Å². The van der Waals surface area contributed by atoms with E-state index < -0.39 is 5.92 Å². The number of carbonyl (C=O) groups is 2. The van der Waals surface area contributed by atoms with E-state index in [4.69, 9.17) is 4.74 Å². The average Bonchev–Trinajstić information content (AvgIpc) is 3.32. The van der Waals surface area contributed by atoms with Crippen molar-refractivity contribution in [2.45, 2.75) is 18.5 Å². The summed E-state index contributed by atoms with van der Waals surface area (Å²) < 4.78 is 5.26. The molecular weight excluding hydrogens is 396 g/mol. The Morgan fingerprint density at radius 3 is 2.57 bits per heavy atom. The fourth-order valence-electron chi connectivity index (χ4n) is 3.98. The van der Waals surface area contributed by atoms with Crippen molar-refractivity contribution in [3.05, 3.63) is 93.7 Å². The van der Waals surface area contributed by atoms with Crippen molar-refractivity contribution >= 4 is 23.2 Å². The molecule has 5 nitrogen and oxygen atoms in total. The fourth-order valence-corrected chi connectivity index (χ4v) is 4.86. The summed E-state index contributed by atoms with van der Waals surface area (Å²) in [6.07, 6.45) is 0. The van der Waals surface area contributed by atoms with Crippen LogP contribution in [0, 0.1) is 0 Å². The number of methoxy groups -OCH3 is 1. The van der Waals surface area contributed by atoms with E-state index in [-0.39, 0.29) is 17.9 Å². The predicted octanol–water partition coefficient (Wildman–Crippen LogP) is 3.99. The fraction of sp³-hybridized carbons (Fsp3) is 0.250. The molecule has 2 amide bonds. The molecule has 2 aromatic carbocycles. The van der Waals surface area contributed by atoms with Gasteiger partial charge in [0.25, 0.3) is 5.91 Å². The van der Waals surface area contributed by atoms with Crippen molar-refractivity contribution in [1.82, 2.24) is 10.2 Å². The number of ether oxygens (including phenoxy) is 1. The van der Waals surface area contributed by atoms with Gasteiger partial charge >= 0.3 is 0 Å². The maximum atomic E-state index is 13.5. The molecule has 0 spiro atoms. The molecule has 0 saturated carbocycles. The molecule has 0 fully saturated rings. The summed E-state index contributed by atoms with van der Waals surface area (Å²) in [4.78, 5) is 29.6. The van der Waals surface area contributed by atoms with E-state index >= 15 is 0 Å². The molecule has 30 heavy (non-hydrogen) atoms. The zero-order chi connectivity index (χ0) is 20.9. The summed E-state index contributed by atoms with van der Waals surface area (Å²) in [7, 11) is 1.62. The second-order valence-electron chi connectivity index (χ2n) is 7.22. The van der Waals surface area contributed by atoms with Crippen LogP contribution in [0.1, 0.15) is 38.3 Å². The van der Waals surface area contributed by atoms with Crippen molar-refractivity contribution in [2.24, 2.45) is 0 Å². The molecule has 6 heteroatoms. The van der Waals surface area contributed by atoms with Crippen LogP contribution in [0.15, 0.2) is 72.1 Å². The maximum absolute atomic E-state index is 13.5. The second kappa shape index (κ2) is 9.24. The molecule has 4 rings (SSSR count). The molecule has 1 aliphatic rings. The molecule has 2 heterocycles. The Labute approximate surface area is 180 Å². The molecule has 0 saturated heterocycles. The highest BCUT2D eigenvalue weighted by Gasteiger charge is 2.44. The minimum Gasteiger partial charge on any atom is -0.383 e. The highest BCUT2D eigenvalue weighted by Crippen LogP contribution is 2.44. The van der Waals surface area contributed by atoms with E-state index in [0.717, 1.165) is 16.0 Å². The van der Waals surface area contributed by atoms with Gasteiger partial charge in [-0.25, -0.2) is 0 Å². The van der Waals surface area contributed by atoms with Crippen LogP contribution >= 0.6 is 11.3 Å². The smallest absolute Gasteiger partial charge is 0.254 e. The lowest BCUT2D eigenvalue weighted by atomic mass is 9.81. The molecule has 1 aromatic heterocycles. The third-order valence-corrected chi connectivity index (χ3v) is 6.34. The molecule has 2 atom stereocenters. The van der Waals surface area contributed by atoms with Crippen LogP contribution in [0.3, 0.4) is 0 Å². The first kappa shape index (κ1) is 20.3. The normalized spacial score (nSPS) is 18.2. The number of benzene rings is 2. The van der Waals surface area contributed by atoms with Crippen LogP contribution in [-0.4, -0.2) is 37.0 Å². The summed E-state index contributed by atoms with van der Waals surface area (Å²) in [5, 5.41) is 5.07. The van der Waals surface area contributed by atoms with Crippen LogP contribution in [0.2, 0.25) is 0 Å². The van der Waals surface area contributed by atoms with Gasteiger partial charge in [-0.1, -0.05) is 54.6 Å². The van der Waals surface area contributed by atoms with Gasteiger partial charge in [-0.2, -0.15) is 0 Å². The largest absolute Gasteiger partial charge is 0.383 e. The van der Waals surface area contributed by atoms with Crippen LogP contribution < -0.4 is 5.32 Å². The average molecular weight is 421 g/mol. The van der Waals surface area contributed by atoms with Crippen LogP contribution in [-0.2, 0) is 16.1 Å². The van der Waals surface area contributed by atoms with Gasteiger partial charge in [-0.15, -0.1) is 11.3 Å². The van der Waals surface area contributed by atoms with Crippen LogP contribution in [0.25, 0.3) is 0 Å². The van der Waals surface area contributed by atoms with Gasteiger partial charge in [-0.05, 0) is 28.6 Å². The lowest BCUT2D eigenvalue weighted by Gasteiger charge is -2.41. The molecule has 2 unspecified atom stereocenters. The van der Waals surface area contributed by atoms with E-state index in [1.54, 1.807) is 29.4 Å². The predicted molar refractivity (Wildman–Crippen MR) is 117 cm³/mol. The number of hydrogen-bond donors (Lipinski definition) is 1. The minimum atomic E-state index is -0.488. The number of hydrogen-bond acceptors (Lipinski definition) is 4. The standard InChI is InChI=1S/C24H24N2O3S/c1-29-14-13-26-22(20-12-7-15-30-20)21(18-10-5-6-11-19(18)24(26)28)23(27)25-16-17-8-3-2-4-9-17/h2-12,15,21-22H,13-14,16H2,1H3,(H,25,27). The lowest BCUT2D eigenvalue weighted by Crippen LogP contribution is -2.48. The second-order valence-corrected chi connectivity index (χ2v) is 8.20. The Morgan fingerprint density at radius 2 is 1.83 bits per heavy atom. The number of fused-ring (bicyclic) bond motifs is 1. The van der Waals surface area contributed by atoms with Gasteiger partial charge in [0.05, 0.1) is 18.6 Å². The number of rotatable bonds is 7. The molecular formula is C24H24N2O3S. The minimum absolute atomic E-state index is 0.0619. The topological polar surface area (TPSA) is 58.6 Å². The van der Waals surface area contributed by atoms with Crippen molar-refractivity contribution < 1.29 is 14.3 Å². The van der Waals surface area contributed by atoms with Crippen molar-refractivity contribution in [3.8, 4) is 0 Å². The van der Waals surface area contributed by atoms with Crippen molar-refractivity contribution in [1.29, 1.82) is 0 Å². The van der Waals surface area contributed by atoms with Gasteiger partial charge in [0.15, 0.2) is 0 Å². The molecule has 0 radical (unpaired) electrons. The van der Waals surface area contributed by atoms with E-state index in [2.05, 4.69) is 5.32 Å². The van der Waals surface area contributed by atoms with Crippen molar-refractivity contribution in [3.63, 3.8) is 0 Å². The Balaban J connectivity index is 1.72. The Kier molecular flexibility index (Phi) is 6.26. The molecule has 1 aliphatic heterocycles. The Morgan fingerprint density at radius 1 is 1.07 bits per heavy atom. The van der Waals surface area contributed by atoms with E-state index in [1.807, 2.05) is 66.0 Å². The number of carbonyl (C=O) groups excluding carboxylic acids is 2. The number of nitrogens with zero attached hydrogens (tertiary/aromatic N) is 1. The number of nitrogens with one attached hydrogen (secondary N) is 1. The highest BCUT2D eigenvalue weighted by molar-refractivity contribution is 7.10. The quantitative estimate of drug-likeness (QED) is 0.629. The summed E-state index contributed by atoms with van der Waals surface area (Å²) in [5.74, 6) is -0.633. The number of amides is 2. The van der Waals surface area contributed by atoms with E-state index in [1.165, 1.54) is 0 Å².